The van der Waals surface area contributed by atoms with Crippen molar-refractivity contribution in [2.24, 2.45) is 4.99 Å². The minimum Gasteiger partial charge on any atom is -0.263 e. The van der Waals surface area contributed by atoms with Crippen LogP contribution in [0.25, 0.3) is 0 Å². The number of isothiocyanates is 1. The third-order valence-corrected chi connectivity index (χ3v) is 2.83. The molecular weight excluding hydrogens is 228 g/mol. The number of pyridine rings is 1. The van der Waals surface area contributed by atoms with Gasteiger partial charge in [0.05, 0.1) is 27.4 Å². The molecule has 0 aliphatic rings. The van der Waals surface area contributed by atoms with Crippen LogP contribution in [0.2, 0.25) is 0 Å². The quantitative estimate of drug-likeness (QED) is 0.448. The van der Waals surface area contributed by atoms with Crippen LogP contribution < -0.4 is 0 Å². The Kier molecular flexibility index (Phi) is 5.70. The Morgan fingerprint density at radius 1 is 1.67 bits per heavy atom. The Balaban J connectivity index is 2.46. The Hall–Kier alpha value is -1.16. The molecule has 1 rings (SSSR count). The van der Waals surface area contributed by atoms with Crippen molar-refractivity contribution in [2.45, 2.75) is 11.3 Å². The molecule has 3 nitrogen and oxygen atoms in total. The molecule has 0 aliphatic heterocycles. The molecule has 1 heterocycles. The van der Waals surface area contributed by atoms with E-state index in [2.05, 4.69) is 27.4 Å². The molecule has 78 valence electrons. The average Bonchev–Trinajstić information content (AvgIpc) is 2.30. The van der Waals surface area contributed by atoms with E-state index in [1.807, 2.05) is 6.08 Å². The number of aromatic nitrogens is 1. The van der Waals surface area contributed by atoms with E-state index in [0.29, 0.717) is 11.4 Å². The zero-order valence-electron chi connectivity index (χ0n) is 8.00. The Bertz CT molecular complexity index is 397. The van der Waals surface area contributed by atoms with Gasteiger partial charge in [0.2, 0.25) is 0 Å². The molecule has 1 unspecified atom stereocenters. The maximum atomic E-state index is 11.6. The highest BCUT2D eigenvalue weighted by atomic mass is 32.2. The standard InChI is InChI=1S/C10H10N2OS2/c13-15(7-2-1-5-12-9-14)10-4-3-6-11-8-10/h2-4,6-8H,1,5H2. The lowest BCUT2D eigenvalue weighted by atomic mass is 10.4. The van der Waals surface area contributed by atoms with Gasteiger partial charge in [-0.3, -0.25) is 4.98 Å². The molecule has 0 radical (unpaired) electrons. The first-order valence-electron chi connectivity index (χ1n) is 4.35. The molecule has 1 atom stereocenters. The highest BCUT2D eigenvalue weighted by Gasteiger charge is 1.96. The van der Waals surface area contributed by atoms with Gasteiger partial charge in [0.1, 0.15) is 0 Å². The maximum Gasteiger partial charge on any atom is 0.0788 e. The van der Waals surface area contributed by atoms with Crippen molar-refractivity contribution in [2.75, 3.05) is 6.54 Å². The van der Waals surface area contributed by atoms with Crippen LogP contribution in [-0.4, -0.2) is 20.9 Å². The van der Waals surface area contributed by atoms with Crippen molar-refractivity contribution in [1.82, 2.24) is 4.98 Å². The second-order valence-electron chi connectivity index (χ2n) is 2.62. The van der Waals surface area contributed by atoms with Gasteiger partial charge >= 0.3 is 0 Å². The summed E-state index contributed by atoms with van der Waals surface area (Å²) >= 11 is 4.42. The van der Waals surface area contributed by atoms with Crippen LogP contribution in [-0.2, 0) is 10.8 Å². The average molecular weight is 238 g/mol. The summed E-state index contributed by atoms with van der Waals surface area (Å²) in [5, 5.41) is 3.91. The van der Waals surface area contributed by atoms with E-state index in [4.69, 9.17) is 0 Å². The topological polar surface area (TPSA) is 42.3 Å². The predicted octanol–water partition coefficient (Wildman–Crippen LogP) is 2.20. The molecule has 0 saturated carbocycles. The normalized spacial score (nSPS) is 12.3. The van der Waals surface area contributed by atoms with E-state index in [9.17, 15) is 4.21 Å². The van der Waals surface area contributed by atoms with Crippen LogP contribution in [0.15, 0.2) is 45.9 Å². The Morgan fingerprint density at radius 2 is 2.53 bits per heavy atom. The van der Waals surface area contributed by atoms with Crippen LogP contribution in [0.3, 0.4) is 0 Å². The first kappa shape index (κ1) is 11.9. The SMILES string of the molecule is O=S(C=CCCN=C=S)c1cccnc1. The zero-order chi connectivity index (χ0) is 10.9. The largest absolute Gasteiger partial charge is 0.263 e. The van der Waals surface area contributed by atoms with E-state index in [1.54, 1.807) is 29.9 Å². The van der Waals surface area contributed by atoms with Crippen LogP contribution in [0, 0.1) is 0 Å². The molecule has 0 fully saturated rings. The first-order valence-corrected chi connectivity index (χ1v) is 5.97. The van der Waals surface area contributed by atoms with Gasteiger partial charge in [-0.25, -0.2) is 9.20 Å². The van der Waals surface area contributed by atoms with E-state index in [-0.39, 0.29) is 0 Å². The first-order chi connectivity index (χ1) is 7.34. The minimum atomic E-state index is -1.12. The molecule has 0 amide bonds. The smallest absolute Gasteiger partial charge is 0.0788 e. The van der Waals surface area contributed by atoms with E-state index >= 15 is 0 Å². The molecule has 0 saturated heterocycles. The molecule has 5 heteroatoms. The lowest BCUT2D eigenvalue weighted by Crippen LogP contribution is -1.87. The van der Waals surface area contributed by atoms with Crippen molar-refractivity contribution in [3.05, 3.63) is 36.0 Å². The molecule has 1 aromatic heterocycles. The summed E-state index contributed by atoms with van der Waals surface area (Å²) in [4.78, 5) is 8.34. The minimum absolute atomic E-state index is 0.588. The number of hydrogen-bond donors (Lipinski definition) is 0. The molecule has 0 N–H and O–H groups in total. The predicted molar refractivity (Wildman–Crippen MR) is 64.3 cm³/mol. The monoisotopic (exact) mass is 238 g/mol. The number of thiocarbonyl (C=S) groups is 1. The second kappa shape index (κ2) is 7.17. The van der Waals surface area contributed by atoms with Crippen molar-refractivity contribution in [3.63, 3.8) is 0 Å². The van der Waals surface area contributed by atoms with Crippen LogP contribution in [0.1, 0.15) is 6.42 Å². The fraction of sp³-hybridized carbons (Fsp3) is 0.200. The van der Waals surface area contributed by atoms with Crippen LogP contribution >= 0.6 is 12.2 Å². The van der Waals surface area contributed by atoms with E-state index in [1.165, 1.54) is 0 Å². The Morgan fingerprint density at radius 3 is 3.20 bits per heavy atom. The molecule has 15 heavy (non-hydrogen) atoms. The molecule has 1 aromatic rings. The third-order valence-electron chi connectivity index (χ3n) is 1.56. The third kappa shape index (κ3) is 4.74. The number of nitrogens with zero attached hydrogens (tertiary/aromatic N) is 2. The van der Waals surface area contributed by atoms with E-state index < -0.39 is 10.8 Å². The lowest BCUT2D eigenvalue weighted by Gasteiger charge is -1.93. The van der Waals surface area contributed by atoms with Crippen molar-refractivity contribution >= 4 is 28.2 Å². The van der Waals surface area contributed by atoms with Gasteiger partial charge in [-0.2, -0.15) is 0 Å². The number of aliphatic imine (C=N–C) groups is 1. The number of rotatable bonds is 5. The van der Waals surface area contributed by atoms with Gasteiger partial charge in [-0.15, -0.1) is 0 Å². The van der Waals surface area contributed by atoms with Crippen LogP contribution in [0.5, 0.6) is 0 Å². The molecule has 0 aromatic carbocycles. The summed E-state index contributed by atoms with van der Waals surface area (Å²) in [6.07, 6.45) is 5.78. The fourth-order valence-electron chi connectivity index (χ4n) is 0.885. The van der Waals surface area contributed by atoms with Crippen LogP contribution in [0.4, 0.5) is 0 Å². The molecule has 0 spiro atoms. The zero-order valence-corrected chi connectivity index (χ0v) is 9.63. The second-order valence-corrected chi connectivity index (χ2v) is 4.14. The summed E-state index contributed by atoms with van der Waals surface area (Å²) in [7, 11) is -1.12. The molecule has 0 bridgehead atoms. The maximum absolute atomic E-state index is 11.6. The number of hydrogen-bond acceptors (Lipinski definition) is 4. The van der Waals surface area contributed by atoms with Gasteiger partial charge in [0.25, 0.3) is 0 Å². The van der Waals surface area contributed by atoms with Gasteiger partial charge in [-0.05, 0) is 30.8 Å². The highest BCUT2D eigenvalue weighted by molar-refractivity contribution is 7.88. The van der Waals surface area contributed by atoms with Gasteiger partial charge in [0.15, 0.2) is 0 Å². The van der Waals surface area contributed by atoms with Crippen molar-refractivity contribution in [1.29, 1.82) is 0 Å². The molecular formula is C10H10N2OS2. The van der Waals surface area contributed by atoms with Gasteiger partial charge in [-0.1, -0.05) is 6.08 Å². The van der Waals surface area contributed by atoms with E-state index in [0.717, 1.165) is 6.42 Å². The highest BCUT2D eigenvalue weighted by Crippen LogP contribution is 2.04. The molecule has 0 aliphatic carbocycles. The van der Waals surface area contributed by atoms with Crippen molar-refractivity contribution in [3.8, 4) is 0 Å². The summed E-state index contributed by atoms with van der Waals surface area (Å²) in [6.45, 7) is 0.588. The van der Waals surface area contributed by atoms with Crippen molar-refractivity contribution < 1.29 is 4.21 Å². The van der Waals surface area contributed by atoms with Gasteiger partial charge in [0, 0.05) is 17.8 Å². The summed E-state index contributed by atoms with van der Waals surface area (Å²) < 4.78 is 11.6. The summed E-state index contributed by atoms with van der Waals surface area (Å²) in [5.74, 6) is 0. The summed E-state index contributed by atoms with van der Waals surface area (Å²) in [5.41, 5.74) is 0. The van der Waals surface area contributed by atoms with Gasteiger partial charge < -0.3 is 0 Å². The fourth-order valence-corrected chi connectivity index (χ4v) is 1.82. The Labute approximate surface area is 96.4 Å². The lowest BCUT2D eigenvalue weighted by molar-refractivity contribution is 0.688. The summed E-state index contributed by atoms with van der Waals surface area (Å²) in [6, 6.07) is 3.54.